The molecule has 0 bridgehead atoms. The molecule has 0 aromatic heterocycles. The molecule has 0 saturated carbocycles. The van der Waals surface area contributed by atoms with Gasteiger partial charge >= 0.3 is 0 Å². The van der Waals surface area contributed by atoms with Gasteiger partial charge in [-0.1, -0.05) is 0 Å². The highest BCUT2D eigenvalue weighted by Gasteiger charge is 2.25. The van der Waals surface area contributed by atoms with E-state index in [9.17, 15) is 9.59 Å². The summed E-state index contributed by atoms with van der Waals surface area (Å²) in [5.41, 5.74) is 1.00. The Balaban J connectivity index is 2.08. The van der Waals surface area contributed by atoms with Crippen LogP contribution < -0.4 is 5.32 Å². The number of amides is 2. The number of nitriles is 1. The minimum Gasteiger partial charge on any atom is -0.339 e. The third kappa shape index (κ3) is 4.30. The first kappa shape index (κ1) is 17.0. The monoisotopic (exact) mass is 314 g/mol. The zero-order valence-electron chi connectivity index (χ0n) is 13.6. The van der Waals surface area contributed by atoms with Gasteiger partial charge in [-0.05, 0) is 38.1 Å². The van der Waals surface area contributed by atoms with Crippen LogP contribution in [0.15, 0.2) is 24.3 Å². The van der Waals surface area contributed by atoms with E-state index in [-0.39, 0.29) is 24.4 Å². The Morgan fingerprint density at radius 3 is 2.39 bits per heavy atom. The molecule has 2 rings (SSSR count). The molecule has 6 heteroatoms. The highest BCUT2D eigenvalue weighted by Crippen LogP contribution is 2.11. The van der Waals surface area contributed by atoms with Crippen molar-refractivity contribution in [3.8, 4) is 6.07 Å². The molecule has 1 aromatic carbocycles. The normalized spacial score (nSPS) is 14.4. The summed E-state index contributed by atoms with van der Waals surface area (Å²) < 4.78 is 0. The molecule has 0 spiro atoms. The number of rotatable bonds is 4. The van der Waals surface area contributed by atoms with Crippen LogP contribution in [0.4, 0.5) is 0 Å². The van der Waals surface area contributed by atoms with Gasteiger partial charge in [0.25, 0.3) is 5.91 Å². The van der Waals surface area contributed by atoms with Crippen molar-refractivity contribution in [2.45, 2.75) is 19.9 Å². The lowest BCUT2D eigenvalue weighted by molar-refractivity contribution is -0.132. The van der Waals surface area contributed by atoms with Gasteiger partial charge in [0, 0.05) is 37.8 Å². The molecule has 2 amide bonds. The lowest BCUT2D eigenvalue weighted by atomic mass is 10.1. The van der Waals surface area contributed by atoms with Crippen LogP contribution in [0.3, 0.4) is 0 Å². The van der Waals surface area contributed by atoms with Crippen LogP contribution in [0.5, 0.6) is 0 Å². The number of benzene rings is 1. The highest BCUT2D eigenvalue weighted by atomic mass is 16.2. The zero-order chi connectivity index (χ0) is 16.8. The molecule has 23 heavy (non-hydrogen) atoms. The van der Waals surface area contributed by atoms with Crippen molar-refractivity contribution in [3.05, 3.63) is 35.4 Å². The number of nitrogens with zero attached hydrogens (tertiary/aromatic N) is 3. The number of hydrogen-bond acceptors (Lipinski definition) is 4. The Morgan fingerprint density at radius 1 is 1.26 bits per heavy atom. The maximum atomic E-state index is 12.7. The molecule has 1 fully saturated rings. The van der Waals surface area contributed by atoms with Crippen LogP contribution in [0.1, 0.15) is 29.8 Å². The van der Waals surface area contributed by atoms with E-state index in [1.54, 1.807) is 34.1 Å². The Labute approximate surface area is 136 Å². The molecular formula is C17H22N4O2. The minimum atomic E-state index is -0.187. The number of hydrogen-bond donors (Lipinski definition) is 1. The summed E-state index contributed by atoms with van der Waals surface area (Å²) in [6.07, 6.45) is 0. The minimum absolute atomic E-state index is 0.0257. The number of carbonyl (C=O) groups excluding carboxylic acids is 2. The fraction of sp³-hybridized carbons (Fsp3) is 0.471. The van der Waals surface area contributed by atoms with Crippen LogP contribution in [-0.2, 0) is 4.79 Å². The summed E-state index contributed by atoms with van der Waals surface area (Å²) >= 11 is 0. The molecule has 0 radical (unpaired) electrons. The zero-order valence-corrected chi connectivity index (χ0v) is 13.6. The quantitative estimate of drug-likeness (QED) is 0.893. The fourth-order valence-electron chi connectivity index (χ4n) is 2.50. The Bertz CT molecular complexity index is 598. The predicted octanol–water partition coefficient (Wildman–Crippen LogP) is 0.841. The molecule has 1 saturated heterocycles. The van der Waals surface area contributed by atoms with Gasteiger partial charge in [0.2, 0.25) is 5.91 Å². The summed E-state index contributed by atoms with van der Waals surface area (Å²) in [7, 11) is 0. The highest BCUT2D eigenvalue weighted by molar-refractivity contribution is 5.96. The van der Waals surface area contributed by atoms with Gasteiger partial charge in [-0.2, -0.15) is 5.26 Å². The first-order valence-electron chi connectivity index (χ1n) is 7.82. The van der Waals surface area contributed by atoms with Crippen molar-refractivity contribution in [2.24, 2.45) is 0 Å². The van der Waals surface area contributed by atoms with E-state index in [1.165, 1.54) is 0 Å². The molecule has 6 nitrogen and oxygen atoms in total. The van der Waals surface area contributed by atoms with E-state index in [0.29, 0.717) is 24.2 Å². The number of piperazine rings is 1. The first-order valence-corrected chi connectivity index (χ1v) is 7.82. The van der Waals surface area contributed by atoms with E-state index in [1.807, 2.05) is 19.9 Å². The van der Waals surface area contributed by atoms with Gasteiger partial charge in [0.15, 0.2) is 0 Å². The topological polar surface area (TPSA) is 76.4 Å². The molecule has 122 valence electrons. The first-order chi connectivity index (χ1) is 11.0. The third-order valence-corrected chi connectivity index (χ3v) is 3.92. The van der Waals surface area contributed by atoms with Crippen LogP contribution >= 0.6 is 0 Å². The van der Waals surface area contributed by atoms with Gasteiger partial charge < -0.3 is 15.1 Å². The largest absolute Gasteiger partial charge is 0.339 e. The summed E-state index contributed by atoms with van der Waals surface area (Å²) in [6, 6.07) is 8.44. The molecule has 1 aromatic rings. The van der Waals surface area contributed by atoms with Crippen LogP contribution in [-0.4, -0.2) is 60.4 Å². The molecular weight excluding hydrogens is 292 g/mol. The van der Waals surface area contributed by atoms with Crippen molar-refractivity contribution in [1.29, 1.82) is 5.26 Å². The van der Waals surface area contributed by atoms with Gasteiger partial charge in [0.1, 0.15) is 6.54 Å². The number of carbonyl (C=O) groups is 2. The van der Waals surface area contributed by atoms with Crippen LogP contribution in [0.2, 0.25) is 0 Å². The van der Waals surface area contributed by atoms with Crippen molar-refractivity contribution in [1.82, 2.24) is 15.1 Å². The molecule has 1 N–H and O–H groups in total. The van der Waals surface area contributed by atoms with E-state index < -0.39 is 0 Å². The predicted molar refractivity (Wildman–Crippen MR) is 86.8 cm³/mol. The average Bonchev–Trinajstić information content (AvgIpc) is 2.59. The van der Waals surface area contributed by atoms with E-state index in [4.69, 9.17) is 5.26 Å². The van der Waals surface area contributed by atoms with E-state index in [2.05, 4.69) is 5.32 Å². The fourth-order valence-corrected chi connectivity index (χ4v) is 2.50. The standard InChI is InChI=1S/C17H22N4O2/c1-13(2)21(12-16(22)20-9-7-19-8-10-20)17(23)15-5-3-14(11-18)4-6-15/h3-6,13,19H,7-10,12H2,1-2H3. The van der Waals surface area contributed by atoms with E-state index >= 15 is 0 Å². The van der Waals surface area contributed by atoms with Crippen molar-refractivity contribution < 1.29 is 9.59 Å². The van der Waals surface area contributed by atoms with Crippen LogP contribution in [0.25, 0.3) is 0 Å². The maximum Gasteiger partial charge on any atom is 0.254 e. The summed E-state index contributed by atoms with van der Waals surface area (Å²) in [6.45, 7) is 6.80. The van der Waals surface area contributed by atoms with Crippen molar-refractivity contribution >= 4 is 11.8 Å². The second kappa shape index (κ2) is 7.75. The third-order valence-electron chi connectivity index (χ3n) is 3.92. The molecule has 0 atom stereocenters. The SMILES string of the molecule is CC(C)N(CC(=O)N1CCNCC1)C(=O)c1ccc(C#N)cc1. The second-order valence-corrected chi connectivity index (χ2v) is 5.85. The average molecular weight is 314 g/mol. The lowest BCUT2D eigenvalue weighted by Gasteiger charge is -2.32. The van der Waals surface area contributed by atoms with Crippen LogP contribution in [0, 0.1) is 11.3 Å². The molecule has 0 unspecified atom stereocenters. The summed E-state index contributed by atoms with van der Waals surface area (Å²) in [4.78, 5) is 28.4. The second-order valence-electron chi connectivity index (χ2n) is 5.85. The van der Waals surface area contributed by atoms with Crippen molar-refractivity contribution in [2.75, 3.05) is 32.7 Å². The van der Waals surface area contributed by atoms with Gasteiger partial charge in [-0.3, -0.25) is 9.59 Å². The van der Waals surface area contributed by atoms with Gasteiger partial charge in [-0.15, -0.1) is 0 Å². The smallest absolute Gasteiger partial charge is 0.254 e. The Morgan fingerprint density at radius 2 is 1.87 bits per heavy atom. The molecule has 0 aliphatic carbocycles. The Hall–Kier alpha value is -2.39. The van der Waals surface area contributed by atoms with Gasteiger partial charge in [0.05, 0.1) is 11.6 Å². The van der Waals surface area contributed by atoms with E-state index in [0.717, 1.165) is 13.1 Å². The summed E-state index contributed by atoms with van der Waals surface area (Å²) in [5, 5.41) is 12.0. The number of nitrogens with one attached hydrogen (secondary N) is 1. The molecule has 1 heterocycles. The maximum absolute atomic E-state index is 12.7. The van der Waals surface area contributed by atoms with Crippen molar-refractivity contribution in [3.63, 3.8) is 0 Å². The lowest BCUT2D eigenvalue weighted by Crippen LogP contribution is -2.51. The summed E-state index contributed by atoms with van der Waals surface area (Å²) in [5.74, 6) is -0.213. The van der Waals surface area contributed by atoms with Gasteiger partial charge in [-0.25, -0.2) is 0 Å². The molecule has 1 aliphatic heterocycles. The molecule has 1 aliphatic rings. The Kier molecular flexibility index (Phi) is 5.72.